The Morgan fingerprint density at radius 3 is 2.69 bits per heavy atom. The molecule has 0 aliphatic carbocycles. The minimum Gasteiger partial charge on any atom is -0.370 e. The molecule has 0 amide bonds. The number of hydrogen-bond donors (Lipinski definition) is 1. The Morgan fingerprint density at radius 2 is 1.96 bits per heavy atom. The van der Waals surface area contributed by atoms with Gasteiger partial charge >= 0.3 is 0 Å². The molecule has 3 rings (SSSR count). The molecule has 3 heterocycles. The van der Waals surface area contributed by atoms with Gasteiger partial charge in [-0.05, 0) is 77.2 Å². The summed E-state index contributed by atoms with van der Waals surface area (Å²) in [5, 5.41) is 3.52. The lowest BCUT2D eigenvalue weighted by atomic mass is 9.99. The van der Waals surface area contributed by atoms with Gasteiger partial charge in [-0.15, -0.1) is 0 Å². The van der Waals surface area contributed by atoms with E-state index in [1.54, 1.807) is 6.20 Å². The van der Waals surface area contributed by atoms with Gasteiger partial charge < -0.3 is 10.2 Å². The van der Waals surface area contributed by atoms with Gasteiger partial charge in [0.1, 0.15) is 5.82 Å². The van der Waals surface area contributed by atoms with E-state index in [1.807, 2.05) is 25.3 Å². The van der Waals surface area contributed by atoms with Crippen molar-refractivity contribution in [3.05, 3.63) is 35.8 Å². The van der Waals surface area contributed by atoms with Gasteiger partial charge in [0.05, 0.1) is 0 Å². The third kappa shape index (κ3) is 5.01. The van der Waals surface area contributed by atoms with E-state index in [-0.39, 0.29) is 0 Å². The first-order valence-electron chi connectivity index (χ1n) is 9.85. The van der Waals surface area contributed by atoms with Crippen LogP contribution >= 0.6 is 0 Å². The van der Waals surface area contributed by atoms with Gasteiger partial charge in [0.15, 0.2) is 5.82 Å². The van der Waals surface area contributed by atoms with E-state index in [0.29, 0.717) is 0 Å². The maximum Gasteiger partial charge on any atom is 0.163 e. The van der Waals surface area contributed by atoms with E-state index in [9.17, 15) is 0 Å². The van der Waals surface area contributed by atoms with Gasteiger partial charge in [0, 0.05) is 35.8 Å². The molecular formula is C21H31N5. The number of anilines is 1. The van der Waals surface area contributed by atoms with E-state index in [1.165, 1.54) is 38.9 Å². The van der Waals surface area contributed by atoms with Crippen LogP contribution in [0.25, 0.3) is 11.4 Å². The Morgan fingerprint density at radius 1 is 1.15 bits per heavy atom. The fourth-order valence-electron chi connectivity index (χ4n) is 3.38. The number of nitrogens with one attached hydrogen (secondary N) is 1. The van der Waals surface area contributed by atoms with E-state index < -0.39 is 0 Å². The number of pyridine rings is 1. The number of nitrogens with zero attached hydrogens (tertiary/aromatic N) is 4. The highest BCUT2D eigenvalue weighted by Crippen LogP contribution is 2.21. The second-order valence-corrected chi connectivity index (χ2v) is 7.51. The highest BCUT2D eigenvalue weighted by Gasteiger charge is 2.15. The fourth-order valence-corrected chi connectivity index (χ4v) is 3.38. The summed E-state index contributed by atoms with van der Waals surface area (Å²) in [6.45, 7) is 11.2. The quantitative estimate of drug-likeness (QED) is 0.760. The number of rotatable bonds is 7. The average molecular weight is 354 g/mol. The van der Waals surface area contributed by atoms with Crippen molar-refractivity contribution >= 4 is 5.82 Å². The molecule has 0 unspecified atom stereocenters. The molecule has 140 valence electrons. The zero-order chi connectivity index (χ0) is 18.4. The lowest BCUT2D eigenvalue weighted by Crippen LogP contribution is -2.33. The van der Waals surface area contributed by atoms with Gasteiger partial charge in [0.25, 0.3) is 0 Å². The minimum atomic E-state index is 0.742. The third-order valence-electron chi connectivity index (χ3n) is 5.38. The monoisotopic (exact) mass is 353 g/mol. The summed E-state index contributed by atoms with van der Waals surface area (Å²) in [7, 11) is 0. The summed E-state index contributed by atoms with van der Waals surface area (Å²) in [5.41, 5.74) is 3.10. The molecule has 5 nitrogen and oxygen atoms in total. The topological polar surface area (TPSA) is 53.9 Å². The van der Waals surface area contributed by atoms with Crippen LogP contribution in [-0.4, -0.2) is 46.0 Å². The molecule has 0 radical (unpaired) electrons. The summed E-state index contributed by atoms with van der Waals surface area (Å²) in [5.74, 6) is 2.60. The zero-order valence-corrected chi connectivity index (χ0v) is 16.3. The molecule has 0 atom stereocenters. The Kier molecular flexibility index (Phi) is 6.56. The van der Waals surface area contributed by atoms with E-state index in [4.69, 9.17) is 4.98 Å². The van der Waals surface area contributed by atoms with Crippen LogP contribution in [0.2, 0.25) is 0 Å². The van der Waals surface area contributed by atoms with Crippen molar-refractivity contribution in [2.45, 2.75) is 46.5 Å². The maximum absolute atomic E-state index is 4.73. The Hall–Kier alpha value is -2.01. The molecule has 0 saturated carbocycles. The maximum atomic E-state index is 4.73. The molecule has 1 saturated heterocycles. The first-order chi connectivity index (χ1) is 12.6. The molecule has 1 aliphatic rings. The number of aryl methyl sites for hydroxylation is 1. The van der Waals surface area contributed by atoms with Gasteiger partial charge in [-0.3, -0.25) is 4.98 Å². The molecule has 0 spiro atoms. The molecule has 2 aromatic heterocycles. The van der Waals surface area contributed by atoms with Crippen LogP contribution in [0.1, 0.15) is 43.9 Å². The first kappa shape index (κ1) is 18.8. The Balaban J connectivity index is 1.50. The van der Waals surface area contributed by atoms with Gasteiger partial charge in [0.2, 0.25) is 0 Å². The summed E-state index contributed by atoms with van der Waals surface area (Å²) >= 11 is 0. The molecule has 2 aromatic rings. The van der Waals surface area contributed by atoms with Crippen LogP contribution in [0.4, 0.5) is 5.82 Å². The van der Waals surface area contributed by atoms with Crippen molar-refractivity contribution in [2.75, 3.05) is 31.5 Å². The van der Waals surface area contributed by atoms with Crippen molar-refractivity contribution in [1.29, 1.82) is 0 Å². The third-order valence-corrected chi connectivity index (χ3v) is 5.38. The highest BCUT2D eigenvalue weighted by atomic mass is 15.1. The smallest absolute Gasteiger partial charge is 0.163 e. The van der Waals surface area contributed by atoms with E-state index in [0.717, 1.165) is 47.3 Å². The number of aromatic nitrogens is 3. The molecule has 26 heavy (non-hydrogen) atoms. The molecule has 1 fully saturated rings. The predicted molar refractivity (Wildman–Crippen MR) is 107 cm³/mol. The van der Waals surface area contributed by atoms with Crippen LogP contribution in [0.3, 0.4) is 0 Å². The number of hydrogen-bond acceptors (Lipinski definition) is 5. The van der Waals surface area contributed by atoms with Crippen LogP contribution in [0.5, 0.6) is 0 Å². The van der Waals surface area contributed by atoms with Crippen molar-refractivity contribution in [2.24, 2.45) is 5.92 Å². The summed E-state index contributed by atoms with van der Waals surface area (Å²) < 4.78 is 0. The Labute approximate surface area is 157 Å². The number of piperidine rings is 1. The van der Waals surface area contributed by atoms with Gasteiger partial charge in [-0.1, -0.05) is 6.92 Å². The highest BCUT2D eigenvalue weighted by molar-refractivity contribution is 5.58. The van der Waals surface area contributed by atoms with E-state index >= 15 is 0 Å². The second kappa shape index (κ2) is 9.08. The largest absolute Gasteiger partial charge is 0.370 e. The molecular weight excluding hydrogens is 322 g/mol. The van der Waals surface area contributed by atoms with Crippen LogP contribution in [0, 0.1) is 19.8 Å². The van der Waals surface area contributed by atoms with E-state index in [2.05, 4.69) is 34.0 Å². The van der Waals surface area contributed by atoms with Crippen LogP contribution in [0.15, 0.2) is 24.5 Å². The zero-order valence-electron chi connectivity index (χ0n) is 16.3. The van der Waals surface area contributed by atoms with Crippen LogP contribution < -0.4 is 5.32 Å². The lowest BCUT2D eigenvalue weighted by molar-refractivity contribution is 0.190. The summed E-state index contributed by atoms with van der Waals surface area (Å²) in [4.78, 5) is 16.1. The molecule has 1 N–H and O–H groups in total. The first-order valence-corrected chi connectivity index (χ1v) is 9.85. The second-order valence-electron chi connectivity index (χ2n) is 7.51. The lowest BCUT2D eigenvalue weighted by Gasteiger charge is -2.30. The molecule has 5 heteroatoms. The standard InChI is InChI=1S/C21H31N5/c1-16-8-13-26(14-9-16)12-5-4-11-23-20-17(2)18(3)24-21(25-20)19-7-6-10-22-15-19/h6-7,10,15-16H,4-5,8-9,11-14H2,1-3H3,(H,23,24,25). The minimum absolute atomic E-state index is 0.742. The Bertz CT molecular complexity index is 693. The predicted octanol–water partition coefficient (Wildman–Crippen LogP) is 4.08. The SMILES string of the molecule is Cc1nc(-c2cccnc2)nc(NCCCCN2CCC(C)CC2)c1C. The van der Waals surface area contributed by atoms with Crippen molar-refractivity contribution in [1.82, 2.24) is 19.9 Å². The molecule has 0 bridgehead atoms. The van der Waals surface area contributed by atoms with Crippen molar-refractivity contribution in [3.63, 3.8) is 0 Å². The summed E-state index contributed by atoms with van der Waals surface area (Å²) in [6.07, 6.45) is 8.69. The fraction of sp³-hybridized carbons (Fsp3) is 0.571. The van der Waals surface area contributed by atoms with Crippen molar-refractivity contribution < 1.29 is 0 Å². The van der Waals surface area contributed by atoms with Crippen molar-refractivity contribution in [3.8, 4) is 11.4 Å². The molecule has 0 aromatic carbocycles. The van der Waals surface area contributed by atoms with Crippen LogP contribution in [-0.2, 0) is 0 Å². The number of likely N-dealkylation sites (tertiary alicyclic amines) is 1. The number of unbranched alkanes of at least 4 members (excludes halogenated alkanes) is 1. The molecule has 1 aliphatic heterocycles. The van der Waals surface area contributed by atoms with Gasteiger partial charge in [-0.25, -0.2) is 9.97 Å². The van der Waals surface area contributed by atoms with Gasteiger partial charge in [-0.2, -0.15) is 0 Å². The summed E-state index contributed by atoms with van der Waals surface area (Å²) in [6, 6.07) is 3.92. The normalized spacial score (nSPS) is 16.0. The average Bonchev–Trinajstić information content (AvgIpc) is 2.66.